The average molecular weight is 165 g/mol. The number of rotatable bonds is 2. The van der Waals surface area contributed by atoms with Gasteiger partial charge in [-0.3, -0.25) is 9.93 Å². The van der Waals surface area contributed by atoms with E-state index in [9.17, 15) is 9.00 Å². The Balaban J connectivity index is 4.40. The minimum absolute atomic E-state index is 0.562. The summed E-state index contributed by atoms with van der Waals surface area (Å²) in [5, 5.41) is 5.02. The van der Waals surface area contributed by atoms with E-state index in [1.54, 1.807) is 0 Å². The molecule has 0 saturated carbocycles. The summed E-state index contributed by atoms with van der Waals surface area (Å²) in [6.45, 7) is 2.93. The van der Waals surface area contributed by atoms with Crippen molar-refractivity contribution >= 4 is 17.0 Å². The van der Waals surface area contributed by atoms with Gasteiger partial charge in [-0.2, -0.15) is 0 Å². The molecule has 0 spiro atoms. The second-order valence-electron chi connectivity index (χ2n) is 2.30. The van der Waals surface area contributed by atoms with Gasteiger partial charge in [0.1, 0.15) is 11.0 Å². The first kappa shape index (κ1) is 9.58. The Labute approximate surface area is 62.3 Å². The van der Waals surface area contributed by atoms with Gasteiger partial charge in [0.2, 0.25) is 0 Å². The van der Waals surface area contributed by atoms with Crippen LogP contribution in [0.2, 0.25) is 0 Å². The molecule has 0 saturated heterocycles. The fourth-order valence-corrected chi connectivity index (χ4v) is 0.576. The number of methoxy groups -OCH3 is 1. The number of nitrogens with two attached hydrogens (primary N) is 1. The zero-order valence-corrected chi connectivity index (χ0v) is 7.03. The number of esters is 1. The highest BCUT2D eigenvalue weighted by atomic mass is 32.2. The molecular formula is C5H11NO3S. The fourth-order valence-electron chi connectivity index (χ4n) is 0.328. The van der Waals surface area contributed by atoms with Crippen molar-refractivity contribution in [1.82, 2.24) is 0 Å². The highest BCUT2D eigenvalue weighted by Crippen LogP contribution is 2.10. The van der Waals surface area contributed by atoms with Crippen molar-refractivity contribution < 1.29 is 13.7 Å². The third-order valence-corrected chi connectivity index (χ3v) is 2.35. The number of hydrogen-bond donors (Lipinski definition) is 1. The Bertz CT molecular complexity index is 166. The quantitative estimate of drug-likeness (QED) is 0.564. The number of carbonyl (C=O) groups is 1. The van der Waals surface area contributed by atoms with Crippen molar-refractivity contribution in [2.24, 2.45) is 5.14 Å². The first-order valence-corrected chi connectivity index (χ1v) is 3.89. The van der Waals surface area contributed by atoms with Crippen LogP contribution in [0.3, 0.4) is 0 Å². The maximum absolute atomic E-state index is 10.8. The molecule has 1 unspecified atom stereocenters. The Morgan fingerprint density at radius 2 is 2.00 bits per heavy atom. The maximum Gasteiger partial charge on any atom is 0.325 e. The molecule has 0 bridgehead atoms. The highest BCUT2D eigenvalue weighted by molar-refractivity contribution is 7.85. The van der Waals surface area contributed by atoms with Crippen LogP contribution in [-0.2, 0) is 20.5 Å². The predicted octanol–water partition coefficient (Wildman–Crippen LogP) is -0.440. The van der Waals surface area contributed by atoms with Gasteiger partial charge in [-0.15, -0.1) is 0 Å². The lowest BCUT2D eigenvalue weighted by atomic mass is 10.2. The molecule has 1 atom stereocenters. The third-order valence-electron chi connectivity index (χ3n) is 1.18. The second-order valence-corrected chi connectivity index (χ2v) is 3.91. The first-order valence-electron chi connectivity index (χ1n) is 2.67. The topological polar surface area (TPSA) is 69.4 Å². The molecule has 0 aromatic heterocycles. The Morgan fingerprint density at radius 1 is 1.60 bits per heavy atom. The third kappa shape index (κ3) is 1.78. The summed E-state index contributed by atoms with van der Waals surface area (Å²) in [7, 11) is -0.447. The van der Waals surface area contributed by atoms with Crippen molar-refractivity contribution in [3.05, 3.63) is 0 Å². The molecule has 5 heteroatoms. The van der Waals surface area contributed by atoms with Crippen molar-refractivity contribution in [2.75, 3.05) is 7.11 Å². The molecule has 0 radical (unpaired) electrons. The van der Waals surface area contributed by atoms with Crippen LogP contribution in [0.25, 0.3) is 0 Å². The number of hydrogen-bond acceptors (Lipinski definition) is 3. The molecule has 0 heterocycles. The minimum atomic E-state index is -1.68. The molecule has 60 valence electrons. The Kier molecular flexibility index (Phi) is 2.98. The van der Waals surface area contributed by atoms with Crippen molar-refractivity contribution in [1.29, 1.82) is 0 Å². The molecule has 0 amide bonds. The molecule has 10 heavy (non-hydrogen) atoms. The van der Waals surface area contributed by atoms with E-state index < -0.39 is 21.7 Å². The molecule has 4 nitrogen and oxygen atoms in total. The molecule has 2 N–H and O–H groups in total. The second kappa shape index (κ2) is 3.12. The Hall–Kier alpha value is -0.420. The summed E-state index contributed by atoms with van der Waals surface area (Å²) in [6.07, 6.45) is 0. The Morgan fingerprint density at radius 3 is 2.10 bits per heavy atom. The van der Waals surface area contributed by atoms with E-state index in [2.05, 4.69) is 4.74 Å². The largest absolute Gasteiger partial charge is 0.468 e. The van der Waals surface area contributed by atoms with Crippen LogP contribution in [0, 0.1) is 0 Å². The zero-order valence-electron chi connectivity index (χ0n) is 6.21. The number of carbonyl (C=O) groups excluding carboxylic acids is 1. The van der Waals surface area contributed by atoms with Gasteiger partial charge >= 0.3 is 5.97 Å². The van der Waals surface area contributed by atoms with Gasteiger partial charge < -0.3 is 4.74 Å². The van der Waals surface area contributed by atoms with E-state index in [4.69, 9.17) is 5.14 Å². The standard InChI is InChI=1S/C5H11NO3S/c1-5(2,10(6)8)4(7)9-3/h6H2,1-3H3. The van der Waals surface area contributed by atoms with Crippen LogP contribution in [0.15, 0.2) is 0 Å². The van der Waals surface area contributed by atoms with Crippen LogP contribution < -0.4 is 5.14 Å². The van der Waals surface area contributed by atoms with E-state index in [1.807, 2.05) is 0 Å². The van der Waals surface area contributed by atoms with Gasteiger partial charge in [0.25, 0.3) is 0 Å². The van der Waals surface area contributed by atoms with Gasteiger partial charge in [-0.05, 0) is 13.8 Å². The van der Waals surface area contributed by atoms with Crippen molar-refractivity contribution in [3.63, 3.8) is 0 Å². The summed E-state index contributed by atoms with van der Waals surface area (Å²) < 4.78 is 13.9. The van der Waals surface area contributed by atoms with E-state index in [0.717, 1.165) is 0 Å². The normalized spacial score (nSPS) is 14.4. The molecule has 0 aromatic carbocycles. The van der Waals surface area contributed by atoms with Gasteiger partial charge in [0, 0.05) is 0 Å². The lowest BCUT2D eigenvalue weighted by molar-refractivity contribution is -0.142. The van der Waals surface area contributed by atoms with Gasteiger partial charge in [0.05, 0.1) is 7.11 Å². The average Bonchev–Trinajstić information content (AvgIpc) is 1.86. The summed E-state index contributed by atoms with van der Waals surface area (Å²) in [5.41, 5.74) is 0. The van der Waals surface area contributed by atoms with Crippen LogP contribution in [0.5, 0.6) is 0 Å². The summed E-state index contributed by atoms with van der Waals surface area (Å²) in [5.74, 6) is -0.562. The molecular weight excluding hydrogens is 154 g/mol. The molecule has 0 aliphatic carbocycles. The highest BCUT2D eigenvalue weighted by Gasteiger charge is 2.33. The van der Waals surface area contributed by atoms with Gasteiger partial charge in [0.15, 0.2) is 4.75 Å². The number of ether oxygens (including phenoxy) is 1. The molecule has 0 aliphatic heterocycles. The first-order chi connectivity index (χ1) is 4.42. The molecule has 0 fully saturated rings. The summed E-state index contributed by atoms with van der Waals surface area (Å²) in [4.78, 5) is 10.8. The van der Waals surface area contributed by atoms with E-state index in [0.29, 0.717) is 0 Å². The van der Waals surface area contributed by atoms with Crippen LogP contribution in [-0.4, -0.2) is 22.0 Å². The van der Waals surface area contributed by atoms with E-state index in [-0.39, 0.29) is 0 Å². The predicted molar refractivity (Wildman–Crippen MR) is 38.4 cm³/mol. The van der Waals surface area contributed by atoms with E-state index in [1.165, 1.54) is 21.0 Å². The fraction of sp³-hybridized carbons (Fsp3) is 0.800. The van der Waals surface area contributed by atoms with Crippen molar-refractivity contribution in [2.45, 2.75) is 18.6 Å². The summed E-state index contributed by atoms with van der Waals surface area (Å²) in [6, 6.07) is 0. The monoisotopic (exact) mass is 165 g/mol. The van der Waals surface area contributed by atoms with Gasteiger partial charge in [-0.25, -0.2) is 4.21 Å². The van der Waals surface area contributed by atoms with Crippen LogP contribution in [0.4, 0.5) is 0 Å². The molecule has 0 rings (SSSR count). The summed E-state index contributed by atoms with van der Waals surface area (Å²) >= 11 is 0. The SMILES string of the molecule is COC(=O)C(C)(C)S(N)=O. The zero-order chi connectivity index (χ0) is 8.36. The molecule has 0 aromatic rings. The van der Waals surface area contributed by atoms with E-state index >= 15 is 0 Å². The smallest absolute Gasteiger partial charge is 0.325 e. The maximum atomic E-state index is 10.8. The lowest BCUT2D eigenvalue weighted by Crippen LogP contribution is -2.41. The lowest BCUT2D eigenvalue weighted by Gasteiger charge is -2.16. The van der Waals surface area contributed by atoms with Crippen molar-refractivity contribution in [3.8, 4) is 0 Å². The minimum Gasteiger partial charge on any atom is -0.468 e. The molecule has 0 aliphatic rings. The van der Waals surface area contributed by atoms with Crippen LogP contribution in [0.1, 0.15) is 13.8 Å². The van der Waals surface area contributed by atoms with Crippen LogP contribution >= 0.6 is 0 Å². The van der Waals surface area contributed by atoms with Gasteiger partial charge in [-0.1, -0.05) is 0 Å².